The highest BCUT2D eigenvalue weighted by Gasteiger charge is 2.20. The molecule has 0 atom stereocenters. The Morgan fingerprint density at radius 1 is 1.06 bits per heavy atom. The van der Waals surface area contributed by atoms with Crippen molar-refractivity contribution >= 4 is 38.1 Å². The maximum Gasteiger partial charge on any atom is 0.211 e. The molecular weight excluding hydrogens is 326 g/mol. The van der Waals surface area contributed by atoms with Crippen LogP contribution in [0.5, 0.6) is 0 Å². The Kier molecular flexibility index (Phi) is 3.29. The Bertz CT molecular complexity index is 548. The van der Waals surface area contributed by atoms with Crippen LogP contribution in [-0.4, -0.2) is 10.2 Å². The van der Waals surface area contributed by atoms with Gasteiger partial charge in [-0.1, -0.05) is 11.3 Å². The molecule has 0 saturated carbocycles. The Balaban J connectivity index is 2.45. The maximum atomic E-state index is 13.2. The van der Waals surface area contributed by atoms with Gasteiger partial charge in [-0.05, 0) is 15.9 Å². The van der Waals surface area contributed by atoms with Crippen molar-refractivity contribution in [1.82, 2.24) is 10.2 Å². The molecule has 0 saturated heterocycles. The van der Waals surface area contributed by atoms with E-state index in [0.717, 1.165) is 11.3 Å². The number of nitrogens with zero attached hydrogens (tertiary/aromatic N) is 2. The van der Waals surface area contributed by atoms with Crippen LogP contribution in [0.3, 0.4) is 0 Å². The fourth-order valence-corrected chi connectivity index (χ4v) is 2.06. The molecule has 1 aromatic carbocycles. The summed E-state index contributed by atoms with van der Waals surface area (Å²) in [6, 6.07) is 0.131. The summed E-state index contributed by atoms with van der Waals surface area (Å²) in [5.41, 5.74) is -0.939. The van der Waals surface area contributed by atoms with Crippen LogP contribution in [0.4, 0.5) is 28.4 Å². The first-order valence-electron chi connectivity index (χ1n) is 4.08. The van der Waals surface area contributed by atoms with Crippen LogP contribution < -0.4 is 5.32 Å². The second-order valence-corrected chi connectivity index (χ2v) is 5.08. The third kappa shape index (κ3) is 2.39. The summed E-state index contributed by atoms with van der Waals surface area (Å²) in [5, 5.41) is 9.12. The quantitative estimate of drug-likeness (QED) is 0.676. The van der Waals surface area contributed by atoms with Crippen LogP contribution >= 0.6 is 27.3 Å². The third-order valence-corrected chi connectivity index (χ3v) is 3.02. The molecule has 0 radical (unpaired) electrons. The topological polar surface area (TPSA) is 37.8 Å². The van der Waals surface area contributed by atoms with Crippen molar-refractivity contribution in [3.8, 4) is 0 Å². The van der Waals surface area contributed by atoms with Gasteiger partial charge >= 0.3 is 0 Å². The summed E-state index contributed by atoms with van der Waals surface area (Å²) >= 11 is 3.90. The summed E-state index contributed by atoms with van der Waals surface area (Å²) in [6.07, 6.45) is 0. The minimum absolute atomic E-state index is 0.000301. The number of anilines is 2. The molecule has 0 bridgehead atoms. The largest absolute Gasteiger partial charge is 0.325 e. The van der Waals surface area contributed by atoms with Gasteiger partial charge < -0.3 is 5.32 Å². The SMILES string of the molecule is Fc1cc(F)c(F)c(Nc2nnc(Br)s2)c1F. The fraction of sp³-hybridized carbons (Fsp3) is 0. The second kappa shape index (κ2) is 4.57. The molecule has 2 rings (SSSR count). The Morgan fingerprint density at radius 3 is 2.12 bits per heavy atom. The van der Waals surface area contributed by atoms with Crippen LogP contribution in [-0.2, 0) is 0 Å². The number of rotatable bonds is 2. The van der Waals surface area contributed by atoms with Crippen LogP contribution in [0, 0.1) is 23.3 Å². The van der Waals surface area contributed by atoms with E-state index in [9.17, 15) is 17.6 Å². The normalized spacial score (nSPS) is 10.6. The molecule has 0 aliphatic carbocycles. The van der Waals surface area contributed by atoms with Gasteiger partial charge in [0.25, 0.3) is 0 Å². The molecule has 0 amide bonds. The van der Waals surface area contributed by atoms with E-state index >= 15 is 0 Å². The lowest BCUT2D eigenvalue weighted by Gasteiger charge is -2.06. The first-order valence-corrected chi connectivity index (χ1v) is 5.69. The predicted octanol–water partition coefficient (Wildman–Crippen LogP) is 3.60. The van der Waals surface area contributed by atoms with E-state index in [1.807, 2.05) is 0 Å². The molecule has 0 fully saturated rings. The zero-order valence-corrected chi connectivity index (χ0v) is 10.2. The number of aromatic nitrogens is 2. The molecule has 0 unspecified atom stereocenters. The van der Waals surface area contributed by atoms with E-state index in [2.05, 4.69) is 31.4 Å². The molecule has 0 spiro atoms. The molecule has 0 aliphatic heterocycles. The highest BCUT2D eigenvalue weighted by atomic mass is 79.9. The number of nitrogens with one attached hydrogen (secondary N) is 1. The average molecular weight is 328 g/mol. The number of hydrogen-bond donors (Lipinski definition) is 1. The zero-order chi connectivity index (χ0) is 12.6. The van der Waals surface area contributed by atoms with E-state index in [1.54, 1.807) is 0 Å². The second-order valence-electron chi connectivity index (χ2n) is 2.83. The third-order valence-electron chi connectivity index (χ3n) is 1.74. The van der Waals surface area contributed by atoms with Gasteiger partial charge in [0.15, 0.2) is 27.2 Å². The Labute approximate surface area is 105 Å². The lowest BCUT2D eigenvalue weighted by molar-refractivity contribution is 0.459. The first-order chi connectivity index (χ1) is 7.99. The average Bonchev–Trinajstić information content (AvgIpc) is 2.68. The molecule has 1 aromatic heterocycles. The van der Waals surface area contributed by atoms with E-state index < -0.39 is 29.0 Å². The van der Waals surface area contributed by atoms with Gasteiger partial charge in [0.05, 0.1) is 0 Å². The fourth-order valence-electron chi connectivity index (χ4n) is 1.05. The van der Waals surface area contributed by atoms with Crippen LogP contribution in [0.1, 0.15) is 0 Å². The van der Waals surface area contributed by atoms with Crippen molar-refractivity contribution in [1.29, 1.82) is 0 Å². The summed E-state index contributed by atoms with van der Waals surface area (Å²) < 4.78 is 52.6. The van der Waals surface area contributed by atoms with Crippen molar-refractivity contribution < 1.29 is 17.6 Å². The van der Waals surface area contributed by atoms with E-state index in [0.29, 0.717) is 3.92 Å². The van der Waals surface area contributed by atoms with Gasteiger partial charge in [0.1, 0.15) is 5.69 Å². The van der Waals surface area contributed by atoms with Gasteiger partial charge in [-0.2, -0.15) is 0 Å². The molecule has 1 N–H and O–H groups in total. The van der Waals surface area contributed by atoms with Crippen molar-refractivity contribution in [2.75, 3.05) is 5.32 Å². The maximum absolute atomic E-state index is 13.2. The van der Waals surface area contributed by atoms with Crippen molar-refractivity contribution in [3.05, 3.63) is 33.3 Å². The molecule has 17 heavy (non-hydrogen) atoms. The monoisotopic (exact) mass is 327 g/mol. The van der Waals surface area contributed by atoms with E-state index in [-0.39, 0.29) is 11.2 Å². The van der Waals surface area contributed by atoms with Crippen LogP contribution in [0.2, 0.25) is 0 Å². The van der Waals surface area contributed by atoms with Gasteiger partial charge in [-0.25, -0.2) is 17.6 Å². The van der Waals surface area contributed by atoms with Crippen molar-refractivity contribution in [2.45, 2.75) is 0 Å². The summed E-state index contributed by atoms with van der Waals surface area (Å²) in [7, 11) is 0. The number of hydrogen-bond acceptors (Lipinski definition) is 4. The summed E-state index contributed by atoms with van der Waals surface area (Å²) in [6.45, 7) is 0. The zero-order valence-electron chi connectivity index (χ0n) is 7.77. The van der Waals surface area contributed by atoms with Crippen molar-refractivity contribution in [2.24, 2.45) is 0 Å². The van der Waals surface area contributed by atoms with Gasteiger partial charge in [0.2, 0.25) is 5.13 Å². The molecular formula is C8H2BrF4N3S. The number of halogens is 5. The first kappa shape index (κ1) is 12.2. The Hall–Kier alpha value is -1.22. The lowest BCUT2D eigenvalue weighted by atomic mass is 10.2. The highest BCUT2D eigenvalue weighted by molar-refractivity contribution is 9.11. The minimum atomic E-state index is -1.52. The molecule has 1 heterocycles. The van der Waals surface area contributed by atoms with Crippen LogP contribution in [0.25, 0.3) is 0 Å². The van der Waals surface area contributed by atoms with E-state index in [1.165, 1.54) is 0 Å². The standard InChI is InChI=1S/C8H2BrF4N3S/c9-7-15-16-8(17-7)14-6-4(12)2(10)1-3(11)5(6)13/h1H,(H,14,16). The summed E-state index contributed by atoms with van der Waals surface area (Å²) in [5.74, 6) is -6.02. The van der Waals surface area contributed by atoms with Gasteiger partial charge in [-0.3, -0.25) is 0 Å². The van der Waals surface area contributed by atoms with Crippen LogP contribution in [0.15, 0.2) is 9.98 Å². The van der Waals surface area contributed by atoms with Gasteiger partial charge in [-0.15, -0.1) is 10.2 Å². The van der Waals surface area contributed by atoms with E-state index in [4.69, 9.17) is 0 Å². The lowest BCUT2D eigenvalue weighted by Crippen LogP contribution is -2.02. The number of benzene rings is 1. The smallest absolute Gasteiger partial charge is 0.211 e. The molecule has 9 heteroatoms. The Morgan fingerprint density at radius 2 is 1.65 bits per heavy atom. The van der Waals surface area contributed by atoms with Gasteiger partial charge in [0, 0.05) is 6.07 Å². The molecule has 3 nitrogen and oxygen atoms in total. The molecule has 2 aromatic rings. The highest BCUT2D eigenvalue weighted by Crippen LogP contribution is 2.29. The van der Waals surface area contributed by atoms with Crippen molar-refractivity contribution in [3.63, 3.8) is 0 Å². The minimum Gasteiger partial charge on any atom is -0.325 e. The molecule has 90 valence electrons. The molecule has 0 aliphatic rings. The summed E-state index contributed by atoms with van der Waals surface area (Å²) in [4.78, 5) is 0. The predicted molar refractivity (Wildman–Crippen MR) is 57.2 cm³/mol.